The maximum atomic E-state index is 12.8. The minimum Gasteiger partial charge on any atom is -0.481 e. The van der Waals surface area contributed by atoms with E-state index in [0.717, 1.165) is 22.0 Å². The lowest BCUT2D eigenvalue weighted by Crippen LogP contribution is -2.31. The molecule has 0 saturated carbocycles. The number of benzene rings is 1. The third-order valence-electron chi connectivity index (χ3n) is 5.12. The van der Waals surface area contributed by atoms with Crippen molar-refractivity contribution in [2.24, 2.45) is 5.92 Å². The third kappa shape index (κ3) is 2.94. The Labute approximate surface area is 150 Å². The number of nitrogens with zero attached hydrogens (tertiary/aromatic N) is 2. The van der Waals surface area contributed by atoms with Gasteiger partial charge >= 0.3 is 5.97 Å². The van der Waals surface area contributed by atoms with Crippen molar-refractivity contribution in [1.29, 1.82) is 0 Å². The topological polar surface area (TPSA) is 86.3 Å². The maximum absolute atomic E-state index is 12.8. The number of carboxylic acids is 1. The van der Waals surface area contributed by atoms with E-state index < -0.39 is 11.9 Å². The molecule has 3 heterocycles. The summed E-state index contributed by atoms with van der Waals surface area (Å²) in [6.45, 7) is 0.639. The fraction of sp³-hybridized carbons (Fsp3) is 0.250. The van der Waals surface area contributed by atoms with Gasteiger partial charge in [0.05, 0.1) is 12.3 Å². The van der Waals surface area contributed by atoms with E-state index in [4.69, 9.17) is 0 Å². The van der Waals surface area contributed by atoms with E-state index >= 15 is 0 Å². The van der Waals surface area contributed by atoms with Gasteiger partial charge in [0.25, 0.3) is 0 Å². The molecule has 0 bridgehead atoms. The van der Waals surface area contributed by atoms with Gasteiger partial charge in [0.1, 0.15) is 0 Å². The zero-order valence-corrected chi connectivity index (χ0v) is 14.1. The smallest absolute Gasteiger partial charge is 0.308 e. The van der Waals surface area contributed by atoms with Crippen LogP contribution in [-0.2, 0) is 16.0 Å². The van der Waals surface area contributed by atoms with Crippen molar-refractivity contribution in [1.82, 2.24) is 14.9 Å². The normalized spacial score (nSPS) is 19.8. The number of pyridine rings is 1. The molecule has 2 atom stereocenters. The van der Waals surface area contributed by atoms with Gasteiger partial charge in [0.2, 0.25) is 5.91 Å². The molecule has 2 N–H and O–H groups in total. The number of likely N-dealkylation sites (tertiary alicyclic amines) is 1. The van der Waals surface area contributed by atoms with Crippen LogP contribution in [0.2, 0.25) is 0 Å². The van der Waals surface area contributed by atoms with Gasteiger partial charge in [0.15, 0.2) is 0 Å². The lowest BCUT2D eigenvalue weighted by molar-refractivity contribution is -0.141. The van der Waals surface area contributed by atoms with Gasteiger partial charge in [-0.2, -0.15) is 0 Å². The summed E-state index contributed by atoms with van der Waals surface area (Å²) in [6.07, 6.45) is 5.46. The van der Waals surface area contributed by atoms with Crippen molar-refractivity contribution in [3.63, 3.8) is 0 Å². The largest absolute Gasteiger partial charge is 0.481 e. The van der Waals surface area contributed by atoms with Crippen LogP contribution < -0.4 is 0 Å². The first kappa shape index (κ1) is 16.3. The van der Waals surface area contributed by atoms with Gasteiger partial charge in [-0.05, 0) is 23.3 Å². The molecular weight excluding hydrogens is 330 g/mol. The van der Waals surface area contributed by atoms with Crippen LogP contribution in [0.25, 0.3) is 10.9 Å². The zero-order valence-electron chi connectivity index (χ0n) is 14.1. The highest BCUT2D eigenvalue weighted by molar-refractivity contribution is 5.89. The molecule has 0 radical (unpaired) electrons. The molecule has 2 aromatic heterocycles. The molecule has 1 saturated heterocycles. The van der Waals surface area contributed by atoms with Crippen LogP contribution in [-0.4, -0.2) is 44.9 Å². The van der Waals surface area contributed by atoms with E-state index in [1.807, 2.05) is 36.5 Å². The van der Waals surface area contributed by atoms with E-state index in [2.05, 4.69) is 9.97 Å². The van der Waals surface area contributed by atoms with Gasteiger partial charge in [-0.1, -0.05) is 24.3 Å². The van der Waals surface area contributed by atoms with Crippen molar-refractivity contribution >= 4 is 22.8 Å². The lowest BCUT2D eigenvalue weighted by atomic mass is 9.90. The maximum Gasteiger partial charge on any atom is 0.308 e. The summed E-state index contributed by atoms with van der Waals surface area (Å²) in [6, 6.07) is 11.5. The summed E-state index contributed by atoms with van der Waals surface area (Å²) in [5.41, 5.74) is 2.79. The van der Waals surface area contributed by atoms with Crippen LogP contribution >= 0.6 is 0 Å². The molecule has 1 amide bonds. The average Bonchev–Trinajstić information content (AvgIpc) is 3.28. The monoisotopic (exact) mass is 349 g/mol. The number of aromatic amines is 1. The molecule has 1 fully saturated rings. The summed E-state index contributed by atoms with van der Waals surface area (Å²) < 4.78 is 0. The van der Waals surface area contributed by atoms with Crippen molar-refractivity contribution in [3.05, 3.63) is 66.1 Å². The summed E-state index contributed by atoms with van der Waals surface area (Å²) >= 11 is 0. The van der Waals surface area contributed by atoms with Gasteiger partial charge in [-0.25, -0.2) is 0 Å². The zero-order chi connectivity index (χ0) is 18.1. The van der Waals surface area contributed by atoms with Gasteiger partial charge < -0.3 is 15.0 Å². The molecule has 26 heavy (non-hydrogen) atoms. The van der Waals surface area contributed by atoms with Crippen LogP contribution in [0, 0.1) is 5.92 Å². The standard InChI is InChI=1S/C20H19N3O3/c24-19(8-14-10-22-18-6-2-1-5-15(14)18)23-11-16(17(12-23)20(25)26)13-4-3-7-21-9-13/h1-7,9-10,16-17,22H,8,11-12H2,(H,25,26)/t16-,17+/m0/s1. The number of hydrogen-bond donors (Lipinski definition) is 2. The number of para-hydroxylation sites is 1. The Hall–Kier alpha value is -3.15. The highest BCUT2D eigenvalue weighted by Crippen LogP contribution is 2.33. The summed E-state index contributed by atoms with van der Waals surface area (Å²) in [5.74, 6) is -1.76. The van der Waals surface area contributed by atoms with Crippen LogP contribution in [0.5, 0.6) is 0 Å². The fourth-order valence-corrected chi connectivity index (χ4v) is 3.74. The molecule has 1 aliphatic heterocycles. The SMILES string of the molecule is O=C(O)[C@@H]1CN(C(=O)Cc2c[nH]c3ccccc23)C[C@H]1c1cccnc1. The molecule has 4 rings (SSSR count). The van der Waals surface area contributed by atoms with E-state index in [1.165, 1.54) is 0 Å². The Morgan fingerprint density at radius 1 is 1.19 bits per heavy atom. The molecule has 132 valence electrons. The average molecular weight is 349 g/mol. The van der Waals surface area contributed by atoms with E-state index in [9.17, 15) is 14.7 Å². The van der Waals surface area contributed by atoms with Gasteiger partial charge in [0, 0.05) is 48.5 Å². The minimum absolute atomic E-state index is 0.0487. The number of rotatable bonds is 4. The number of H-pyrrole nitrogens is 1. The van der Waals surface area contributed by atoms with Crippen LogP contribution in [0.4, 0.5) is 0 Å². The molecule has 1 aromatic carbocycles. The van der Waals surface area contributed by atoms with Crippen molar-refractivity contribution in [2.45, 2.75) is 12.3 Å². The van der Waals surface area contributed by atoms with Gasteiger partial charge in [-0.15, -0.1) is 0 Å². The highest BCUT2D eigenvalue weighted by atomic mass is 16.4. The number of aromatic nitrogens is 2. The molecule has 6 heteroatoms. The predicted molar refractivity (Wildman–Crippen MR) is 96.7 cm³/mol. The summed E-state index contributed by atoms with van der Waals surface area (Å²) in [5, 5.41) is 10.6. The molecule has 0 aliphatic carbocycles. The highest BCUT2D eigenvalue weighted by Gasteiger charge is 2.40. The van der Waals surface area contributed by atoms with Crippen molar-refractivity contribution in [3.8, 4) is 0 Å². The number of hydrogen-bond acceptors (Lipinski definition) is 3. The number of carboxylic acid groups (broad SMARTS) is 1. The molecule has 3 aromatic rings. The quantitative estimate of drug-likeness (QED) is 0.757. The van der Waals surface area contributed by atoms with Crippen LogP contribution in [0.1, 0.15) is 17.0 Å². The van der Waals surface area contributed by atoms with E-state index in [-0.39, 0.29) is 24.8 Å². The number of amides is 1. The summed E-state index contributed by atoms with van der Waals surface area (Å²) in [4.78, 5) is 33.4. The third-order valence-corrected chi connectivity index (χ3v) is 5.12. The molecule has 0 unspecified atom stereocenters. The second-order valence-electron chi connectivity index (χ2n) is 6.67. The molecular formula is C20H19N3O3. The predicted octanol–water partition coefficient (Wildman–Crippen LogP) is 2.43. The first-order valence-corrected chi connectivity index (χ1v) is 8.59. The van der Waals surface area contributed by atoms with Crippen molar-refractivity contribution < 1.29 is 14.7 Å². The number of fused-ring (bicyclic) bond motifs is 1. The Morgan fingerprint density at radius 3 is 2.81 bits per heavy atom. The first-order chi connectivity index (χ1) is 12.6. The number of carbonyl (C=O) groups is 2. The number of nitrogens with one attached hydrogen (secondary N) is 1. The number of aliphatic carboxylic acids is 1. The van der Waals surface area contributed by atoms with E-state index in [1.54, 1.807) is 23.4 Å². The Bertz CT molecular complexity index is 951. The molecule has 1 aliphatic rings. The number of carbonyl (C=O) groups excluding carboxylic acids is 1. The fourth-order valence-electron chi connectivity index (χ4n) is 3.74. The van der Waals surface area contributed by atoms with E-state index in [0.29, 0.717) is 6.54 Å². The Morgan fingerprint density at radius 2 is 2.04 bits per heavy atom. The van der Waals surface area contributed by atoms with Crippen LogP contribution in [0.15, 0.2) is 55.0 Å². The Kier molecular flexibility index (Phi) is 4.16. The summed E-state index contributed by atoms with van der Waals surface area (Å²) in [7, 11) is 0. The minimum atomic E-state index is -0.874. The Balaban J connectivity index is 1.54. The molecule has 6 nitrogen and oxygen atoms in total. The van der Waals surface area contributed by atoms with Crippen molar-refractivity contribution in [2.75, 3.05) is 13.1 Å². The lowest BCUT2D eigenvalue weighted by Gasteiger charge is -2.16. The first-order valence-electron chi connectivity index (χ1n) is 8.59. The second-order valence-corrected chi connectivity index (χ2v) is 6.67. The van der Waals surface area contributed by atoms with Crippen LogP contribution in [0.3, 0.4) is 0 Å². The molecule has 0 spiro atoms. The second kappa shape index (κ2) is 6.63. The van der Waals surface area contributed by atoms with Gasteiger partial charge in [-0.3, -0.25) is 14.6 Å².